The van der Waals surface area contributed by atoms with Gasteiger partial charge in [0.05, 0.1) is 19.9 Å². The van der Waals surface area contributed by atoms with Crippen molar-refractivity contribution in [2.45, 2.75) is 0 Å². The van der Waals surface area contributed by atoms with Crippen molar-refractivity contribution in [2.24, 2.45) is 0 Å². The Balaban J connectivity index is 1.48. The minimum Gasteiger partial charge on any atom is -0.508 e. The van der Waals surface area contributed by atoms with Crippen LogP contribution in [0.4, 0.5) is 16.2 Å². The number of barbiturate groups is 1. The fourth-order valence-corrected chi connectivity index (χ4v) is 3.57. The molecule has 1 aliphatic rings. The molecule has 0 spiro atoms. The first kappa shape index (κ1) is 25.8. The summed E-state index contributed by atoms with van der Waals surface area (Å²) in [6.07, 6.45) is 1.31. The lowest BCUT2D eigenvalue weighted by atomic mass is 10.1. The number of methoxy groups -OCH3 is 2. The van der Waals surface area contributed by atoms with Gasteiger partial charge in [0.2, 0.25) is 0 Å². The monoisotopic (exact) mass is 517 g/mol. The minimum absolute atomic E-state index is 0.0434. The maximum Gasteiger partial charge on any atom is 0.335 e. The predicted molar refractivity (Wildman–Crippen MR) is 137 cm³/mol. The van der Waals surface area contributed by atoms with Gasteiger partial charge in [0, 0.05) is 5.69 Å². The second-order valence-corrected chi connectivity index (χ2v) is 7.95. The third-order valence-corrected chi connectivity index (χ3v) is 5.44. The van der Waals surface area contributed by atoms with Crippen LogP contribution in [0.3, 0.4) is 0 Å². The van der Waals surface area contributed by atoms with E-state index in [-0.39, 0.29) is 35.1 Å². The van der Waals surface area contributed by atoms with Crippen LogP contribution in [0.15, 0.2) is 72.3 Å². The van der Waals surface area contributed by atoms with E-state index < -0.39 is 23.8 Å². The van der Waals surface area contributed by atoms with Gasteiger partial charge in [-0.25, -0.2) is 9.69 Å². The fourth-order valence-electron chi connectivity index (χ4n) is 3.57. The number of aromatic hydroxyl groups is 1. The zero-order valence-corrected chi connectivity index (χ0v) is 20.4. The topological polar surface area (TPSA) is 143 Å². The zero-order valence-electron chi connectivity index (χ0n) is 20.4. The van der Waals surface area contributed by atoms with E-state index in [2.05, 4.69) is 10.6 Å². The number of nitrogens with one attached hydrogen (secondary N) is 2. The molecule has 0 aromatic heterocycles. The number of carbonyl (C=O) groups is 4. The molecule has 0 saturated carbocycles. The number of nitrogens with zero attached hydrogens (tertiary/aromatic N) is 1. The van der Waals surface area contributed by atoms with Crippen molar-refractivity contribution in [3.8, 4) is 23.0 Å². The van der Waals surface area contributed by atoms with Crippen LogP contribution in [0.1, 0.15) is 5.56 Å². The second-order valence-electron chi connectivity index (χ2n) is 7.95. The van der Waals surface area contributed by atoms with E-state index >= 15 is 0 Å². The molecule has 1 saturated heterocycles. The van der Waals surface area contributed by atoms with Crippen molar-refractivity contribution in [3.05, 3.63) is 77.9 Å². The summed E-state index contributed by atoms with van der Waals surface area (Å²) in [5, 5.41) is 14.3. The van der Waals surface area contributed by atoms with Crippen LogP contribution in [0.25, 0.3) is 6.08 Å². The lowest BCUT2D eigenvalue weighted by Gasteiger charge is -2.26. The normalized spacial score (nSPS) is 14.2. The summed E-state index contributed by atoms with van der Waals surface area (Å²) in [7, 11) is 2.95. The molecule has 4 rings (SSSR count). The summed E-state index contributed by atoms with van der Waals surface area (Å²) in [4.78, 5) is 50.9. The first-order valence-corrected chi connectivity index (χ1v) is 11.2. The van der Waals surface area contributed by atoms with Gasteiger partial charge in [-0.3, -0.25) is 19.7 Å². The number of hydrogen-bond donors (Lipinski definition) is 3. The van der Waals surface area contributed by atoms with Crippen molar-refractivity contribution in [2.75, 3.05) is 31.0 Å². The van der Waals surface area contributed by atoms with Gasteiger partial charge in [0.25, 0.3) is 17.7 Å². The molecule has 38 heavy (non-hydrogen) atoms. The smallest absolute Gasteiger partial charge is 0.335 e. The van der Waals surface area contributed by atoms with Crippen molar-refractivity contribution in [3.63, 3.8) is 0 Å². The summed E-state index contributed by atoms with van der Waals surface area (Å²) in [6, 6.07) is 15.9. The molecule has 1 aliphatic heterocycles. The highest BCUT2D eigenvalue weighted by Crippen LogP contribution is 2.30. The lowest BCUT2D eigenvalue weighted by Crippen LogP contribution is -2.54. The summed E-state index contributed by atoms with van der Waals surface area (Å²) in [5.41, 5.74) is 0.879. The van der Waals surface area contributed by atoms with Gasteiger partial charge in [-0.2, -0.15) is 0 Å². The van der Waals surface area contributed by atoms with Crippen LogP contribution in [-0.2, 0) is 14.4 Å². The molecule has 3 aromatic carbocycles. The SMILES string of the molecule is COc1ccc(NC(=O)COc2ccc(/C=C3/C(=O)NC(=O)N(c4ccc(O)cc4)C3=O)cc2OC)cc1. The predicted octanol–water partition coefficient (Wildman–Crippen LogP) is 3.09. The number of carbonyl (C=O) groups excluding carboxylic acids is 4. The standard InChI is InChI=1S/C27H23N3O8/c1-36-20-10-4-17(5-11-20)28-24(32)15-38-22-12-3-16(14-23(22)37-2)13-21-25(33)29-27(35)30(26(21)34)18-6-8-19(31)9-7-18/h3-14,31H,15H2,1-2H3,(H,28,32)(H,29,33,35)/b21-13-. The van der Waals surface area contributed by atoms with E-state index in [4.69, 9.17) is 14.2 Å². The Hall–Kier alpha value is -5.32. The van der Waals surface area contributed by atoms with E-state index in [0.29, 0.717) is 17.0 Å². The molecule has 0 aliphatic carbocycles. The minimum atomic E-state index is -0.905. The summed E-state index contributed by atoms with van der Waals surface area (Å²) < 4.78 is 16.0. The molecule has 0 radical (unpaired) electrons. The molecule has 3 N–H and O–H groups in total. The first-order chi connectivity index (χ1) is 18.3. The highest BCUT2D eigenvalue weighted by molar-refractivity contribution is 6.39. The van der Waals surface area contributed by atoms with Gasteiger partial charge in [-0.05, 0) is 72.3 Å². The van der Waals surface area contributed by atoms with Gasteiger partial charge in [-0.1, -0.05) is 6.07 Å². The van der Waals surface area contributed by atoms with E-state index in [0.717, 1.165) is 4.90 Å². The number of anilines is 2. The van der Waals surface area contributed by atoms with Crippen molar-refractivity contribution in [1.29, 1.82) is 0 Å². The number of phenols is 1. The molecule has 0 unspecified atom stereocenters. The number of hydrogen-bond acceptors (Lipinski definition) is 8. The molecule has 194 valence electrons. The van der Waals surface area contributed by atoms with Crippen LogP contribution < -0.4 is 29.7 Å². The number of amides is 5. The highest BCUT2D eigenvalue weighted by atomic mass is 16.5. The number of benzene rings is 3. The van der Waals surface area contributed by atoms with Gasteiger partial charge in [0.15, 0.2) is 18.1 Å². The number of urea groups is 1. The third-order valence-electron chi connectivity index (χ3n) is 5.44. The van der Waals surface area contributed by atoms with Crippen LogP contribution in [0.2, 0.25) is 0 Å². The molecule has 1 heterocycles. The molecule has 5 amide bonds. The van der Waals surface area contributed by atoms with Gasteiger partial charge < -0.3 is 24.6 Å². The van der Waals surface area contributed by atoms with Crippen molar-refractivity contribution >= 4 is 41.2 Å². The number of phenolic OH excluding ortho intramolecular Hbond substituents is 1. The van der Waals surface area contributed by atoms with Gasteiger partial charge in [-0.15, -0.1) is 0 Å². The Morgan fingerprint density at radius 1 is 0.947 bits per heavy atom. The fraction of sp³-hybridized carbons (Fsp3) is 0.111. The summed E-state index contributed by atoms with van der Waals surface area (Å²) in [5.74, 6) is -0.953. The Morgan fingerprint density at radius 2 is 1.66 bits per heavy atom. The molecule has 0 atom stereocenters. The van der Waals surface area contributed by atoms with Crippen molar-refractivity contribution < 1.29 is 38.5 Å². The van der Waals surface area contributed by atoms with Crippen molar-refractivity contribution in [1.82, 2.24) is 5.32 Å². The lowest BCUT2D eigenvalue weighted by molar-refractivity contribution is -0.122. The highest BCUT2D eigenvalue weighted by Gasteiger charge is 2.36. The molecule has 1 fully saturated rings. The quantitative estimate of drug-likeness (QED) is 0.306. The average Bonchev–Trinajstić information content (AvgIpc) is 2.91. The molecule has 0 bridgehead atoms. The van der Waals surface area contributed by atoms with E-state index in [9.17, 15) is 24.3 Å². The number of imide groups is 2. The molecule has 11 heteroatoms. The average molecular weight is 517 g/mol. The Labute approximate surface area is 217 Å². The second kappa shape index (κ2) is 11.2. The third kappa shape index (κ3) is 5.73. The molecule has 11 nitrogen and oxygen atoms in total. The largest absolute Gasteiger partial charge is 0.508 e. The number of rotatable bonds is 8. The maximum atomic E-state index is 13.0. The van der Waals surface area contributed by atoms with Gasteiger partial charge in [0.1, 0.15) is 17.1 Å². The Bertz CT molecular complexity index is 1420. The van der Waals surface area contributed by atoms with Crippen LogP contribution >= 0.6 is 0 Å². The maximum absolute atomic E-state index is 13.0. The molecular weight excluding hydrogens is 494 g/mol. The Morgan fingerprint density at radius 3 is 2.32 bits per heavy atom. The first-order valence-electron chi connectivity index (χ1n) is 11.2. The Kier molecular flexibility index (Phi) is 7.57. The van der Waals surface area contributed by atoms with Crippen LogP contribution in [0.5, 0.6) is 23.0 Å². The van der Waals surface area contributed by atoms with Crippen LogP contribution in [-0.4, -0.2) is 49.7 Å². The summed E-state index contributed by atoms with van der Waals surface area (Å²) in [6.45, 7) is -0.298. The van der Waals surface area contributed by atoms with Gasteiger partial charge >= 0.3 is 6.03 Å². The molecule has 3 aromatic rings. The molecular formula is C27H23N3O8. The van der Waals surface area contributed by atoms with Crippen LogP contribution in [0, 0.1) is 0 Å². The van der Waals surface area contributed by atoms with E-state index in [1.165, 1.54) is 49.6 Å². The number of ether oxygens (including phenoxy) is 3. The zero-order chi connectivity index (χ0) is 27.2. The van der Waals surface area contributed by atoms with E-state index in [1.807, 2.05) is 0 Å². The van der Waals surface area contributed by atoms with E-state index in [1.54, 1.807) is 37.4 Å². The summed E-state index contributed by atoms with van der Waals surface area (Å²) >= 11 is 0.